The summed E-state index contributed by atoms with van der Waals surface area (Å²) >= 11 is 0. The molecule has 1 nitrogen and oxygen atoms in total. The Balaban J connectivity index is 2.05. The smallest absolute Gasteiger partial charge is 0.0229 e. The molecule has 0 bridgehead atoms. The molecule has 0 saturated carbocycles. The fourth-order valence-electron chi connectivity index (χ4n) is 2.40. The van der Waals surface area contributed by atoms with Crippen LogP contribution in [0.15, 0.2) is 35.6 Å². The van der Waals surface area contributed by atoms with Crippen LogP contribution in [-0.4, -0.2) is 18.0 Å². The summed E-state index contributed by atoms with van der Waals surface area (Å²) < 4.78 is 0. The SMILES string of the molecule is C1=CC2=C3CCN3CCC2C=C1. The Bertz CT molecular complexity index is 296. The average molecular weight is 159 g/mol. The predicted octanol–water partition coefficient (Wildman–Crippen LogP) is 2.09. The van der Waals surface area contributed by atoms with Gasteiger partial charge in [0.2, 0.25) is 0 Å². The molecule has 3 rings (SSSR count). The van der Waals surface area contributed by atoms with Crippen LogP contribution >= 0.6 is 0 Å². The lowest BCUT2D eigenvalue weighted by molar-refractivity contribution is 0.221. The van der Waals surface area contributed by atoms with Crippen molar-refractivity contribution in [3.63, 3.8) is 0 Å². The summed E-state index contributed by atoms with van der Waals surface area (Å²) in [5, 5.41) is 0. The van der Waals surface area contributed by atoms with E-state index in [-0.39, 0.29) is 0 Å². The lowest BCUT2D eigenvalue weighted by Crippen LogP contribution is -2.41. The molecule has 1 heteroatoms. The van der Waals surface area contributed by atoms with Crippen LogP contribution in [0.5, 0.6) is 0 Å². The zero-order valence-corrected chi connectivity index (χ0v) is 7.16. The van der Waals surface area contributed by atoms with Gasteiger partial charge in [0, 0.05) is 31.1 Å². The molecule has 1 unspecified atom stereocenters. The van der Waals surface area contributed by atoms with Crippen molar-refractivity contribution in [2.24, 2.45) is 5.92 Å². The normalized spacial score (nSPS) is 31.3. The number of allylic oxidation sites excluding steroid dienone is 5. The lowest BCUT2D eigenvalue weighted by Gasteiger charge is -2.44. The Morgan fingerprint density at radius 3 is 3.08 bits per heavy atom. The van der Waals surface area contributed by atoms with Crippen molar-refractivity contribution < 1.29 is 0 Å². The zero-order valence-electron chi connectivity index (χ0n) is 7.16. The van der Waals surface area contributed by atoms with E-state index in [9.17, 15) is 0 Å². The maximum absolute atomic E-state index is 2.52. The first-order chi connectivity index (χ1) is 5.95. The summed E-state index contributed by atoms with van der Waals surface area (Å²) in [5.41, 5.74) is 3.21. The number of hydrogen-bond donors (Lipinski definition) is 0. The third kappa shape index (κ3) is 0.739. The molecule has 1 aliphatic carbocycles. The minimum Gasteiger partial charge on any atom is -0.374 e. The highest BCUT2D eigenvalue weighted by molar-refractivity contribution is 5.40. The topological polar surface area (TPSA) is 3.24 Å². The van der Waals surface area contributed by atoms with Crippen LogP contribution < -0.4 is 0 Å². The second-order valence-corrected chi connectivity index (χ2v) is 3.78. The Labute approximate surface area is 73.1 Å². The minimum atomic E-state index is 0.738. The van der Waals surface area contributed by atoms with Crippen molar-refractivity contribution in [1.29, 1.82) is 0 Å². The maximum Gasteiger partial charge on any atom is 0.0229 e. The van der Waals surface area contributed by atoms with E-state index < -0.39 is 0 Å². The minimum absolute atomic E-state index is 0.738. The molecule has 0 spiro atoms. The molecule has 2 aliphatic heterocycles. The van der Waals surface area contributed by atoms with E-state index >= 15 is 0 Å². The van der Waals surface area contributed by atoms with Crippen LogP contribution in [0.3, 0.4) is 0 Å². The number of nitrogens with zero attached hydrogens (tertiary/aromatic N) is 1. The molecule has 2 heterocycles. The van der Waals surface area contributed by atoms with E-state index in [0.29, 0.717) is 0 Å². The number of rotatable bonds is 0. The van der Waals surface area contributed by atoms with Crippen molar-refractivity contribution in [1.82, 2.24) is 4.90 Å². The molecule has 1 fully saturated rings. The van der Waals surface area contributed by atoms with Gasteiger partial charge in [0.25, 0.3) is 0 Å². The molecule has 0 amide bonds. The summed E-state index contributed by atoms with van der Waals surface area (Å²) in [5.74, 6) is 0.738. The van der Waals surface area contributed by atoms with Crippen LogP contribution in [0.4, 0.5) is 0 Å². The standard InChI is InChI=1S/C11H13N/c1-2-4-10-9(3-1)5-7-12-8-6-11(10)12/h1-4,9H,5-8H2. The maximum atomic E-state index is 2.52. The van der Waals surface area contributed by atoms with Gasteiger partial charge in [-0.25, -0.2) is 0 Å². The van der Waals surface area contributed by atoms with Crippen molar-refractivity contribution in [3.05, 3.63) is 35.6 Å². The van der Waals surface area contributed by atoms with Crippen LogP contribution in [0.2, 0.25) is 0 Å². The molecule has 0 N–H and O–H groups in total. The molecule has 0 aromatic carbocycles. The van der Waals surface area contributed by atoms with Gasteiger partial charge in [0.05, 0.1) is 0 Å². The predicted molar refractivity (Wildman–Crippen MR) is 49.6 cm³/mol. The second-order valence-electron chi connectivity index (χ2n) is 3.78. The Hall–Kier alpha value is -0.980. The fraction of sp³-hybridized carbons (Fsp3) is 0.455. The Kier molecular flexibility index (Phi) is 1.23. The van der Waals surface area contributed by atoms with Crippen LogP contribution in [0, 0.1) is 5.92 Å². The van der Waals surface area contributed by atoms with Gasteiger partial charge in [-0.3, -0.25) is 0 Å². The van der Waals surface area contributed by atoms with Crippen LogP contribution in [-0.2, 0) is 0 Å². The van der Waals surface area contributed by atoms with Gasteiger partial charge in [0.15, 0.2) is 0 Å². The molecule has 62 valence electrons. The third-order valence-electron chi connectivity index (χ3n) is 3.17. The van der Waals surface area contributed by atoms with Gasteiger partial charge in [-0.2, -0.15) is 0 Å². The number of fused-ring (bicyclic) bond motifs is 2. The van der Waals surface area contributed by atoms with Crippen LogP contribution in [0.25, 0.3) is 0 Å². The summed E-state index contributed by atoms with van der Waals surface area (Å²) in [4.78, 5) is 2.52. The van der Waals surface area contributed by atoms with Crippen LogP contribution in [0.1, 0.15) is 12.8 Å². The number of hydrogen-bond acceptors (Lipinski definition) is 1. The molecule has 0 aromatic heterocycles. The monoisotopic (exact) mass is 159 g/mol. The molecule has 12 heavy (non-hydrogen) atoms. The first kappa shape index (κ1) is 6.53. The third-order valence-corrected chi connectivity index (χ3v) is 3.17. The second kappa shape index (κ2) is 2.25. The summed E-state index contributed by atoms with van der Waals surface area (Å²) in [6.07, 6.45) is 11.6. The van der Waals surface area contributed by atoms with Gasteiger partial charge < -0.3 is 4.90 Å². The van der Waals surface area contributed by atoms with Gasteiger partial charge in [0.1, 0.15) is 0 Å². The first-order valence-electron chi connectivity index (χ1n) is 4.78. The Morgan fingerprint density at radius 1 is 1.25 bits per heavy atom. The van der Waals surface area contributed by atoms with E-state index in [1.54, 1.807) is 11.3 Å². The summed E-state index contributed by atoms with van der Waals surface area (Å²) in [6, 6.07) is 0. The molecule has 3 aliphatic rings. The quantitative estimate of drug-likeness (QED) is 0.523. The highest BCUT2D eigenvalue weighted by Crippen LogP contribution is 2.37. The summed E-state index contributed by atoms with van der Waals surface area (Å²) in [6.45, 7) is 2.57. The molecule has 1 atom stereocenters. The Morgan fingerprint density at radius 2 is 2.25 bits per heavy atom. The molecule has 0 radical (unpaired) electrons. The van der Waals surface area contributed by atoms with Crippen molar-refractivity contribution in [2.75, 3.05) is 13.1 Å². The zero-order chi connectivity index (χ0) is 7.97. The summed E-state index contributed by atoms with van der Waals surface area (Å²) in [7, 11) is 0. The van der Waals surface area contributed by atoms with E-state index in [2.05, 4.69) is 29.2 Å². The van der Waals surface area contributed by atoms with Gasteiger partial charge in [-0.05, 0) is 12.0 Å². The molecule has 1 saturated heterocycles. The van der Waals surface area contributed by atoms with Gasteiger partial charge in [-0.1, -0.05) is 24.3 Å². The highest BCUT2D eigenvalue weighted by atomic mass is 15.2. The highest BCUT2D eigenvalue weighted by Gasteiger charge is 2.30. The largest absolute Gasteiger partial charge is 0.374 e. The molecular weight excluding hydrogens is 146 g/mol. The van der Waals surface area contributed by atoms with Crippen molar-refractivity contribution in [2.45, 2.75) is 12.8 Å². The van der Waals surface area contributed by atoms with Crippen molar-refractivity contribution >= 4 is 0 Å². The molecular formula is C11H13N. The van der Waals surface area contributed by atoms with E-state index in [1.165, 1.54) is 25.9 Å². The van der Waals surface area contributed by atoms with E-state index in [4.69, 9.17) is 0 Å². The van der Waals surface area contributed by atoms with Crippen molar-refractivity contribution in [3.8, 4) is 0 Å². The van der Waals surface area contributed by atoms with E-state index in [1.807, 2.05) is 0 Å². The lowest BCUT2D eigenvalue weighted by atomic mass is 9.83. The first-order valence-corrected chi connectivity index (χ1v) is 4.78. The fourth-order valence-corrected chi connectivity index (χ4v) is 2.40. The van der Waals surface area contributed by atoms with Gasteiger partial charge in [-0.15, -0.1) is 0 Å². The van der Waals surface area contributed by atoms with E-state index in [0.717, 1.165) is 5.92 Å². The molecule has 0 aromatic rings. The van der Waals surface area contributed by atoms with Gasteiger partial charge >= 0.3 is 0 Å². The average Bonchev–Trinajstić information content (AvgIpc) is 2.05.